The van der Waals surface area contributed by atoms with Crippen molar-refractivity contribution in [1.82, 2.24) is 14.8 Å². The third-order valence-corrected chi connectivity index (χ3v) is 6.12. The van der Waals surface area contributed by atoms with Crippen LogP contribution in [0.2, 0.25) is 0 Å². The SMILES string of the molecule is CCN(CC)CCCN1C(=O)C(=O)C(=C(O)c2ccc(OC(C)C)c(C)c2)[C@H]1c1cccnc1. The maximum atomic E-state index is 13.2. The number of hydrogen-bond acceptors (Lipinski definition) is 6. The number of benzene rings is 1. The standard InChI is InChI=1S/C27H35N3O4/c1-6-29(7-2)14-9-15-30-24(21-10-8-13-28-17-21)23(26(32)27(30)33)25(31)20-11-12-22(19(5)16-20)34-18(3)4/h8,10-13,16-18,24,31H,6-7,9,14-15H2,1-5H3/t24-/m1/s1. The molecule has 7 heteroatoms. The van der Waals surface area contributed by atoms with Gasteiger partial charge in [-0.2, -0.15) is 0 Å². The lowest BCUT2D eigenvalue weighted by Crippen LogP contribution is -2.33. The first-order valence-corrected chi connectivity index (χ1v) is 12.0. The minimum atomic E-state index is -0.683. The van der Waals surface area contributed by atoms with E-state index in [9.17, 15) is 14.7 Å². The summed E-state index contributed by atoms with van der Waals surface area (Å²) in [5.74, 6) is -0.731. The van der Waals surface area contributed by atoms with E-state index in [1.807, 2.05) is 26.8 Å². The molecule has 1 aromatic heterocycles. The molecule has 1 aliphatic heterocycles. The number of carbonyl (C=O) groups excluding carboxylic acids is 2. The maximum Gasteiger partial charge on any atom is 0.295 e. The molecule has 7 nitrogen and oxygen atoms in total. The zero-order valence-corrected chi connectivity index (χ0v) is 20.7. The van der Waals surface area contributed by atoms with E-state index in [0.717, 1.165) is 31.6 Å². The molecule has 2 heterocycles. The van der Waals surface area contributed by atoms with Gasteiger partial charge in [0.15, 0.2) is 0 Å². The van der Waals surface area contributed by atoms with Crippen molar-refractivity contribution in [3.05, 3.63) is 65.0 Å². The molecular formula is C27H35N3O4. The normalized spacial score (nSPS) is 17.7. The number of aromatic nitrogens is 1. The van der Waals surface area contributed by atoms with Crippen LogP contribution in [-0.4, -0.2) is 63.9 Å². The summed E-state index contributed by atoms with van der Waals surface area (Å²) in [6, 6.07) is 8.20. The van der Waals surface area contributed by atoms with E-state index in [0.29, 0.717) is 23.4 Å². The zero-order chi connectivity index (χ0) is 24.8. The van der Waals surface area contributed by atoms with Gasteiger partial charge in [0, 0.05) is 24.5 Å². The van der Waals surface area contributed by atoms with Crippen molar-refractivity contribution >= 4 is 17.4 Å². The number of carbonyl (C=O) groups is 2. The summed E-state index contributed by atoms with van der Waals surface area (Å²) in [5.41, 5.74) is 2.10. The number of nitrogens with zero attached hydrogens (tertiary/aromatic N) is 3. The number of amides is 1. The van der Waals surface area contributed by atoms with Crippen molar-refractivity contribution in [3.63, 3.8) is 0 Å². The monoisotopic (exact) mass is 465 g/mol. The highest BCUT2D eigenvalue weighted by Crippen LogP contribution is 2.39. The first-order chi connectivity index (χ1) is 16.3. The smallest absolute Gasteiger partial charge is 0.295 e. The number of Topliss-reactive ketones (excluding diaryl/α,β-unsaturated/α-hetero) is 1. The summed E-state index contributed by atoms with van der Waals surface area (Å²) in [6.45, 7) is 13.1. The van der Waals surface area contributed by atoms with Gasteiger partial charge in [0.2, 0.25) is 0 Å². The van der Waals surface area contributed by atoms with Gasteiger partial charge in [-0.3, -0.25) is 14.6 Å². The highest BCUT2D eigenvalue weighted by molar-refractivity contribution is 6.46. The summed E-state index contributed by atoms with van der Waals surface area (Å²) in [7, 11) is 0. The minimum Gasteiger partial charge on any atom is -0.507 e. The molecule has 1 amide bonds. The Labute approximate surface area is 202 Å². The highest BCUT2D eigenvalue weighted by Gasteiger charge is 2.45. The van der Waals surface area contributed by atoms with Gasteiger partial charge >= 0.3 is 0 Å². The van der Waals surface area contributed by atoms with Gasteiger partial charge in [-0.25, -0.2) is 0 Å². The number of pyridine rings is 1. The van der Waals surface area contributed by atoms with Crippen LogP contribution >= 0.6 is 0 Å². The van der Waals surface area contributed by atoms with Gasteiger partial charge in [-0.1, -0.05) is 19.9 Å². The van der Waals surface area contributed by atoms with Crippen molar-refractivity contribution < 1.29 is 19.4 Å². The molecule has 1 N–H and O–H groups in total. The third-order valence-electron chi connectivity index (χ3n) is 6.12. The second-order valence-electron chi connectivity index (χ2n) is 8.81. The molecule has 1 aromatic carbocycles. The lowest BCUT2D eigenvalue weighted by molar-refractivity contribution is -0.140. The predicted octanol–water partition coefficient (Wildman–Crippen LogP) is 4.33. The molecule has 2 aromatic rings. The molecule has 0 unspecified atom stereocenters. The van der Waals surface area contributed by atoms with E-state index >= 15 is 0 Å². The van der Waals surface area contributed by atoms with Gasteiger partial charge in [0.05, 0.1) is 17.7 Å². The summed E-state index contributed by atoms with van der Waals surface area (Å²) in [4.78, 5) is 34.3. The van der Waals surface area contributed by atoms with Crippen LogP contribution in [0, 0.1) is 6.92 Å². The average molecular weight is 466 g/mol. The van der Waals surface area contributed by atoms with E-state index in [-0.39, 0.29) is 17.4 Å². The number of likely N-dealkylation sites (tertiary alicyclic amines) is 1. The molecule has 0 saturated carbocycles. The van der Waals surface area contributed by atoms with E-state index in [1.54, 1.807) is 41.6 Å². The molecule has 1 saturated heterocycles. The molecule has 1 aliphatic rings. The van der Waals surface area contributed by atoms with E-state index < -0.39 is 17.7 Å². The topological polar surface area (TPSA) is 83.0 Å². The molecule has 0 radical (unpaired) electrons. The number of aliphatic hydroxyl groups excluding tert-OH is 1. The Morgan fingerprint density at radius 1 is 1.21 bits per heavy atom. The van der Waals surface area contributed by atoms with E-state index in [4.69, 9.17) is 4.74 Å². The number of ether oxygens (including phenoxy) is 1. The highest BCUT2D eigenvalue weighted by atomic mass is 16.5. The van der Waals surface area contributed by atoms with Crippen LogP contribution in [0.25, 0.3) is 5.76 Å². The predicted molar refractivity (Wildman–Crippen MR) is 133 cm³/mol. The molecule has 0 aliphatic carbocycles. The summed E-state index contributed by atoms with van der Waals surface area (Å²) < 4.78 is 5.79. The average Bonchev–Trinajstić information content (AvgIpc) is 3.08. The molecule has 1 atom stereocenters. The number of aliphatic hydroxyl groups is 1. The van der Waals surface area contributed by atoms with Gasteiger partial charge < -0.3 is 19.6 Å². The number of ketones is 1. The number of hydrogen-bond donors (Lipinski definition) is 1. The summed E-state index contributed by atoms with van der Waals surface area (Å²) >= 11 is 0. The van der Waals surface area contributed by atoms with Crippen LogP contribution in [0.1, 0.15) is 56.8 Å². The molecule has 1 fully saturated rings. The van der Waals surface area contributed by atoms with Crippen molar-refractivity contribution in [2.45, 2.75) is 53.2 Å². The van der Waals surface area contributed by atoms with E-state index in [1.165, 1.54) is 0 Å². The first-order valence-electron chi connectivity index (χ1n) is 12.0. The number of rotatable bonds is 10. The lowest BCUT2D eigenvalue weighted by Gasteiger charge is -2.26. The molecular weight excluding hydrogens is 430 g/mol. The Hall–Kier alpha value is -3.19. The van der Waals surface area contributed by atoms with Crippen LogP contribution in [-0.2, 0) is 9.59 Å². The van der Waals surface area contributed by atoms with Crippen molar-refractivity contribution in [2.75, 3.05) is 26.2 Å². The molecule has 34 heavy (non-hydrogen) atoms. The quantitative estimate of drug-likeness (QED) is 0.319. The first kappa shape index (κ1) is 25.4. The van der Waals surface area contributed by atoms with Crippen LogP contribution in [0.3, 0.4) is 0 Å². The lowest BCUT2D eigenvalue weighted by atomic mass is 9.95. The van der Waals surface area contributed by atoms with Gasteiger partial charge in [0.25, 0.3) is 11.7 Å². The van der Waals surface area contributed by atoms with Crippen molar-refractivity contribution in [2.24, 2.45) is 0 Å². The van der Waals surface area contributed by atoms with Gasteiger partial charge in [0.1, 0.15) is 11.5 Å². The van der Waals surface area contributed by atoms with Crippen LogP contribution in [0.15, 0.2) is 48.3 Å². The van der Waals surface area contributed by atoms with Gasteiger partial charge in [-0.15, -0.1) is 0 Å². The molecule has 182 valence electrons. The fraction of sp³-hybridized carbons (Fsp3) is 0.444. The minimum absolute atomic E-state index is 0.0189. The maximum absolute atomic E-state index is 13.2. The summed E-state index contributed by atoms with van der Waals surface area (Å²) in [6.07, 6.45) is 4.04. The van der Waals surface area contributed by atoms with Crippen LogP contribution in [0.5, 0.6) is 5.75 Å². The third kappa shape index (κ3) is 5.47. The molecule has 0 spiro atoms. The van der Waals surface area contributed by atoms with Crippen LogP contribution < -0.4 is 4.74 Å². The Morgan fingerprint density at radius 3 is 2.53 bits per heavy atom. The Balaban J connectivity index is 2.00. The second kappa shape index (κ2) is 11.3. The fourth-order valence-electron chi connectivity index (χ4n) is 4.34. The van der Waals surface area contributed by atoms with Crippen LogP contribution in [0.4, 0.5) is 0 Å². The Kier molecular flexibility index (Phi) is 8.45. The second-order valence-corrected chi connectivity index (χ2v) is 8.81. The Morgan fingerprint density at radius 2 is 1.94 bits per heavy atom. The van der Waals surface area contributed by atoms with E-state index in [2.05, 4.69) is 23.7 Å². The van der Waals surface area contributed by atoms with Crippen molar-refractivity contribution in [3.8, 4) is 5.75 Å². The zero-order valence-electron chi connectivity index (χ0n) is 20.7. The largest absolute Gasteiger partial charge is 0.507 e. The molecule has 3 rings (SSSR count). The Bertz CT molecular complexity index is 1050. The fourth-order valence-corrected chi connectivity index (χ4v) is 4.34. The molecule has 0 bridgehead atoms. The van der Waals surface area contributed by atoms with Gasteiger partial charge in [-0.05, 0) is 82.2 Å². The number of aryl methyl sites for hydroxylation is 1. The van der Waals surface area contributed by atoms with Crippen molar-refractivity contribution in [1.29, 1.82) is 0 Å². The summed E-state index contributed by atoms with van der Waals surface area (Å²) in [5, 5.41) is 11.3.